The molecular weight excluding hydrogens is 315 g/mol. The molecule has 0 atom stereocenters. The summed E-state index contributed by atoms with van der Waals surface area (Å²) in [5.74, 6) is -0.690. The average molecular weight is 329 g/mol. The lowest BCUT2D eigenvalue weighted by molar-refractivity contribution is 0.600. The fourth-order valence-corrected chi connectivity index (χ4v) is 3.29. The highest BCUT2D eigenvalue weighted by molar-refractivity contribution is 7.92. The minimum atomic E-state index is -3.82. The minimum absolute atomic E-state index is 0.0701. The molecule has 2 aromatic rings. The van der Waals surface area contributed by atoms with E-state index in [1.165, 1.54) is 18.2 Å². The van der Waals surface area contributed by atoms with Gasteiger partial charge in [-0.05, 0) is 42.3 Å². The largest absolute Gasteiger partial charge is 0.326 e. The van der Waals surface area contributed by atoms with E-state index in [1.807, 2.05) is 0 Å². The molecule has 2 aromatic carbocycles. The normalized spacial score (nSPS) is 11.4. The Hall–Kier alpha value is -1.63. The molecule has 0 saturated carbocycles. The van der Waals surface area contributed by atoms with E-state index in [9.17, 15) is 12.8 Å². The summed E-state index contributed by atoms with van der Waals surface area (Å²) in [6, 6.07) is 8.66. The Balaban J connectivity index is 2.40. The van der Waals surface area contributed by atoms with Gasteiger partial charge < -0.3 is 5.73 Å². The van der Waals surface area contributed by atoms with Gasteiger partial charge in [0.05, 0.1) is 15.6 Å². The third kappa shape index (κ3) is 3.53. The van der Waals surface area contributed by atoms with Crippen LogP contribution in [0.15, 0.2) is 41.3 Å². The Morgan fingerprint density at radius 1 is 1.24 bits per heavy atom. The number of sulfonamides is 1. The van der Waals surface area contributed by atoms with Crippen molar-refractivity contribution in [3.8, 4) is 0 Å². The summed E-state index contributed by atoms with van der Waals surface area (Å²) in [6.07, 6.45) is 0. The van der Waals surface area contributed by atoms with Crippen molar-refractivity contribution in [2.75, 3.05) is 4.72 Å². The maximum absolute atomic E-state index is 13.4. The summed E-state index contributed by atoms with van der Waals surface area (Å²) in [5, 5.41) is -0.0701. The van der Waals surface area contributed by atoms with Crippen molar-refractivity contribution >= 4 is 27.3 Å². The monoisotopic (exact) mass is 328 g/mol. The smallest absolute Gasteiger partial charge is 0.262 e. The van der Waals surface area contributed by atoms with Gasteiger partial charge in [-0.3, -0.25) is 4.72 Å². The van der Waals surface area contributed by atoms with Crippen LogP contribution in [0.1, 0.15) is 11.1 Å². The SMILES string of the molecule is Cc1ccc(CN)cc1S(=O)(=O)Nc1ccc(Cl)c(F)c1. The van der Waals surface area contributed by atoms with Crippen LogP contribution in [0, 0.1) is 12.7 Å². The summed E-state index contributed by atoms with van der Waals surface area (Å²) in [4.78, 5) is 0.112. The molecule has 0 amide bonds. The van der Waals surface area contributed by atoms with Gasteiger partial charge in [-0.2, -0.15) is 0 Å². The summed E-state index contributed by atoms with van der Waals surface area (Å²) in [6.45, 7) is 1.91. The lowest BCUT2D eigenvalue weighted by Crippen LogP contribution is -2.15. The van der Waals surface area contributed by atoms with Crippen LogP contribution in [0.3, 0.4) is 0 Å². The van der Waals surface area contributed by atoms with E-state index in [2.05, 4.69) is 4.72 Å². The fraction of sp³-hybridized carbons (Fsp3) is 0.143. The zero-order valence-electron chi connectivity index (χ0n) is 11.2. The maximum atomic E-state index is 13.4. The summed E-state index contributed by atoms with van der Waals surface area (Å²) in [5.41, 5.74) is 6.90. The number of benzene rings is 2. The molecule has 21 heavy (non-hydrogen) atoms. The summed E-state index contributed by atoms with van der Waals surface area (Å²) >= 11 is 5.57. The topological polar surface area (TPSA) is 72.2 Å². The Kier molecular flexibility index (Phi) is 4.51. The molecule has 0 spiro atoms. The summed E-state index contributed by atoms with van der Waals surface area (Å²) in [7, 11) is -3.82. The van der Waals surface area contributed by atoms with E-state index in [0.717, 1.165) is 6.07 Å². The Labute approximate surface area is 127 Å². The molecule has 3 N–H and O–H groups in total. The zero-order valence-corrected chi connectivity index (χ0v) is 12.8. The van der Waals surface area contributed by atoms with E-state index >= 15 is 0 Å². The van der Waals surface area contributed by atoms with Gasteiger partial charge in [0.15, 0.2) is 0 Å². The number of hydrogen-bond donors (Lipinski definition) is 2. The van der Waals surface area contributed by atoms with E-state index in [-0.39, 0.29) is 22.2 Å². The van der Waals surface area contributed by atoms with Gasteiger partial charge in [-0.15, -0.1) is 0 Å². The van der Waals surface area contributed by atoms with Gasteiger partial charge in [0.25, 0.3) is 10.0 Å². The van der Waals surface area contributed by atoms with Crippen LogP contribution < -0.4 is 10.5 Å². The van der Waals surface area contributed by atoms with E-state index in [0.29, 0.717) is 11.1 Å². The van der Waals surface area contributed by atoms with Crippen LogP contribution in [0.25, 0.3) is 0 Å². The number of hydrogen-bond acceptors (Lipinski definition) is 3. The molecule has 0 radical (unpaired) electrons. The van der Waals surface area contributed by atoms with E-state index in [4.69, 9.17) is 17.3 Å². The number of nitrogens with one attached hydrogen (secondary N) is 1. The van der Waals surface area contributed by atoms with Crippen LogP contribution in [0.4, 0.5) is 10.1 Å². The predicted octanol–water partition coefficient (Wildman–Crippen LogP) is 3.05. The molecule has 2 rings (SSSR count). The molecular formula is C14H14ClFN2O2S. The van der Waals surface area contributed by atoms with Crippen molar-refractivity contribution in [3.05, 3.63) is 58.4 Å². The standard InChI is InChI=1S/C14H14ClFN2O2S/c1-9-2-3-10(8-17)6-14(9)21(19,20)18-11-4-5-12(15)13(16)7-11/h2-7,18H,8,17H2,1H3. The Bertz CT molecular complexity index is 779. The highest BCUT2D eigenvalue weighted by Crippen LogP contribution is 2.23. The third-order valence-corrected chi connectivity index (χ3v) is 4.78. The molecule has 0 bridgehead atoms. The molecule has 7 heteroatoms. The summed E-state index contributed by atoms with van der Waals surface area (Å²) < 4.78 is 40.5. The van der Waals surface area contributed by atoms with Crippen molar-refractivity contribution in [1.82, 2.24) is 0 Å². The second-order valence-electron chi connectivity index (χ2n) is 4.54. The zero-order chi connectivity index (χ0) is 15.6. The number of nitrogens with two attached hydrogens (primary N) is 1. The van der Waals surface area contributed by atoms with Crippen molar-refractivity contribution in [2.24, 2.45) is 5.73 Å². The van der Waals surface area contributed by atoms with Crippen molar-refractivity contribution in [1.29, 1.82) is 0 Å². The second kappa shape index (κ2) is 6.01. The second-order valence-corrected chi connectivity index (χ2v) is 6.60. The molecule has 0 aromatic heterocycles. The van der Waals surface area contributed by atoms with Crippen LogP contribution in [-0.4, -0.2) is 8.42 Å². The minimum Gasteiger partial charge on any atom is -0.326 e. The van der Waals surface area contributed by atoms with Gasteiger partial charge in [-0.1, -0.05) is 23.7 Å². The Morgan fingerprint density at radius 2 is 1.95 bits per heavy atom. The van der Waals surface area contributed by atoms with Crippen LogP contribution in [0.2, 0.25) is 5.02 Å². The van der Waals surface area contributed by atoms with E-state index in [1.54, 1.807) is 19.1 Å². The number of anilines is 1. The van der Waals surface area contributed by atoms with Crippen molar-refractivity contribution in [3.63, 3.8) is 0 Å². The molecule has 0 unspecified atom stereocenters. The highest BCUT2D eigenvalue weighted by atomic mass is 35.5. The molecule has 0 fully saturated rings. The first kappa shape index (κ1) is 15.8. The molecule has 0 heterocycles. The van der Waals surface area contributed by atoms with Gasteiger partial charge in [-0.25, -0.2) is 12.8 Å². The van der Waals surface area contributed by atoms with Gasteiger partial charge >= 0.3 is 0 Å². The van der Waals surface area contributed by atoms with Crippen LogP contribution in [-0.2, 0) is 16.6 Å². The molecule has 4 nitrogen and oxygen atoms in total. The number of halogens is 2. The maximum Gasteiger partial charge on any atom is 0.262 e. The van der Waals surface area contributed by atoms with Crippen molar-refractivity contribution in [2.45, 2.75) is 18.4 Å². The third-order valence-electron chi connectivity index (χ3n) is 2.95. The fourth-order valence-electron chi connectivity index (χ4n) is 1.83. The predicted molar refractivity (Wildman–Crippen MR) is 81.3 cm³/mol. The first-order chi connectivity index (χ1) is 9.83. The molecule has 0 aliphatic carbocycles. The molecule has 0 aliphatic rings. The Morgan fingerprint density at radius 3 is 2.57 bits per heavy atom. The first-order valence-electron chi connectivity index (χ1n) is 6.11. The quantitative estimate of drug-likeness (QED) is 0.906. The molecule has 0 aliphatic heterocycles. The van der Waals surface area contributed by atoms with E-state index < -0.39 is 15.8 Å². The number of rotatable bonds is 4. The molecule has 0 saturated heterocycles. The van der Waals surface area contributed by atoms with Crippen LogP contribution >= 0.6 is 11.6 Å². The van der Waals surface area contributed by atoms with Gasteiger partial charge in [0, 0.05) is 6.54 Å². The van der Waals surface area contributed by atoms with Gasteiger partial charge in [0.1, 0.15) is 5.82 Å². The number of aryl methyl sites for hydroxylation is 1. The lowest BCUT2D eigenvalue weighted by atomic mass is 10.1. The highest BCUT2D eigenvalue weighted by Gasteiger charge is 2.18. The van der Waals surface area contributed by atoms with Crippen LogP contribution in [0.5, 0.6) is 0 Å². The lowest BCUT2D eigenvalue weighted by Gasteiger charge is -2.12. The van der Waals surface area contributed by atoms with Crippen molar-refractivity contribution < 1.29 is 12.8 Å². The average Bonchev–Trinajstić information content (AvgIpc) is 2.43. The first-order valence-corrected chi connectivity index (χ1v) is 7.97. The van der Waals surface area contributed by atoms with Gasteiger partial charge in [0.2, 0.25) is 0 Å². The molecule has 112 valence electrons.